The molecule has 0 aromatic heterocycles. The first-order valence-electron chi connectivity index (χ1n) is 4.82. The highest BCUT2D eigenvalue weighted by Gasteiger charge is 1.96. The van der Waals surface area contributed by atoms with Gasteiger partial charge in [0.1, 0.15) is 0 Å². The Balaban J connectivity index is 2.21. The number of thioether (sulfide) groups is 1. The molecule has 0 aliphatic rings. The summed E-state index contributed by atoms with van der Waals surface area (Å²) in [7, 11) is 0. The monoisotopic (exact) mass is 273 g/mol. The molecule has 0 heterocycles. The van der Waals surface area contributed by atoms with Crippen molar-refractivity contribution in [3.8, 4) is 0 Å². The lowest BCUT2D eigenvalue weighted by Gasteiger charge is -2.04. The molecular weight excluding hydrogens is 258 g/mol. The molecule has 1 unspecified atom stereocenters. The van der Waals surface area contributed by atoms with Crippen LogP contribution in [0, 0.1) is 0 Å². The number of benzene rings is 1. The van der Waals surface area contributed by atoms with Gasteiger partial charge in [-0.25, -0.2) is 0 Å². The van der Waals surface area contributed by atoms with Crippen molar-refractivity contribution in [1.29, 1.82) is 0 Å². The Morgan fingerprint density at radius 3 is 2.57 bits per heavy atom. The minimum absolute atomic E-state index is 0.334. The number of hydrogen-bond donors (Lipinski definition) is 1. The van der Waals surface area contributed by atoms with Crippen molar-refractivity contribution in [1.82, 2.24) is 0 Å². The molecule has 0 fully saturated rings. The van der Waals surface area contributed by atoms with Gasteiger partial charge in [-0.1, -0.05) is 15.9 Å². The first-order chi connectivity index (χ1) is 6.68. The van der Waals surface area contributed by atoms with Gasteiger partial charge >= 0.3 is 0 Å². The van der Waals surface area contributed by atoms with E-state index in [1.807, 2.05) is 11.8 Å². The molecule has 0 saturated heterocycles. The van der Waals surface area contributed by atoms with E-state index in [1.165, 1.54) is 11.3 Å². The second-order valence-electron chi connectivity index (χ2n) is 3.42. The average Bonchev–Trinajstić information content (AvgIpc) is 2.15. The fourth-order valence-electron chi connectivity index (χ4n) is 1.13. The molecule has 3 heteroatoms. The SMILES string of the molecule is CC(N)CCCSc1ccc(Br)cc1. The van der Waals surface area contributed by atoms with E-state index in [-0.39, 0.29) is 0 Å². The summed E-state index contributed by atoms with van der Waals surface area (Å²) in [5.74, 6) is 1.16. The van der Waals surface area contributed by atoms with Crippen LogP contribution < -0.4 is 5.73 Å². The van der Waals surface area contributed by atoms with Crippen LogP contribution in [0.25, 0.3) is 0 Å². The number of rotatable bonds is 5. The van der Waals surface area contributed by atoms with Gasteiger partial charge in [-0.3, -0.25) is 0 Å². The summed E-state index contributed by atoms with van der Waals surface area (Å²) < 4.78 is 1.14. The van der Waals surface area contributed by atoms with Crippen LogP contribution in [-0.4, -0.2) is 11.8 Å². The van der Waals surface area contributed by atoms with Crippen LogP contribution in [0.15, 0.2) is 33.6 Å². The van der Waals surface area contributed by atoms with Gasteiger partial charge in [0.15, 0.2) is 0 Å². The molecule has 1 aromatic carbocycles. The summed E-state index contributed by atoms with van der Waals surface area (Å²) in [6.07, 6.45) is 2.31. The van der Waals surface area contributed by atoms with Crippen LogP contribution >= 0.6 is 27.7 Å². The van der Waals surface area contributed by atoms with Crippen molar-refractivity contribution in [2.24, 2.45) is 5.73 Å². The minimum Gasteiger partial charge on any atom is -0.328 e. The molecule has 1 nitrogen and oxygen atoms in total. The smallest absolute Gasteiger partial charge is 0.0176 e. The Morgan fingerprint density at radius 2 is 2.00 bits per heavy atom. The molecule has 0 radical (unpaired) electrons. The molecule has 1 aromatic rings. The average molecular weight is 274 g/mol. The highest BCUT2D eigenvalue weighted by atomic mass is 79.9. The molecule has 14 heavy (non-hydrogen) atoms. The molecule has 0 spiro atoms. The highest BCUT2D eigenvalue weighted by molar-refractivity contribution is 9.10. The first-order valence-corrected chi connectivity index (χ1v) is 6.60. The lowest BCUT2D eigenvalue weighted by atomic mass is 10.2. The summed E-state index contributed by atoms with van der Waals surface area (Å²) in [6.45, 7) is 2.06. The van der Waals surface area contributed by atoms with E-state index in [1.54, 1.807) is 0 Å². The molecule has 78 valence electrons. The van der Waals surface area contributed by atoms with Gasteiger partial charge in [0.2, 0.25) is 0 Å². The lowest BCUT2D eigenvalue weighted by molar-refractivity contribution is 0.656. The van der Waals surface area contributed by atoms with Gasteiger partial charge in [0.05, 0.1) is 0 Å². The number of nitrogens with two attached hydrogens (primary N) is 1. The zero-order chi connectivity index (χ0) is 10.4. The summed E-state index contributed by atoms with van der Waals surface area (Å²) in [6, 6.07) is 8.77. The van der Waals surface area contributed by atoms with E-state index >= 15 is 0 Å². The highest BCUT2D eigenvalue weighted by Crippen LogP contribution is 2.21. The molecule has 0 aliphatic heterocycles. The molecule has 1 atom stereocenters. The standard InChI is InChI=1S/C11H16BrNS/c1-9(13)3-2-8-14-11-6-4-10(12)5-7-11/h4-7,9H,2-3,8,13H2,1H3. The fraction of sp³-hybridized carbons (Fsp3) is 0.455. The second kappa shape index (κ2) is 6.49. The lowest BCUT2D eigenvalue weighted by Crippen LogP contribution is -2.14. The fourth-order valence-corrected chi connectivity index (χ4v) is 2.27. The van der Waals surface area contributed by atoms with Crippen molar-refractivity contribution >= 4 is 27.7 Å². The summed E-state index contributed by atoms with van der Waals surface area (Å²) in [5, 5.41) is 0. The predicted molar refractivity (Wildman–Crippen MR) is 67.7 cm³/mol. The van der Waals surface area contributed by atoms with E-state index in [4.69, 9.17) is 5.73 Å². The molecule has 0 saturated carbocycles. The van der Waals surface area contributed by atoms with Crippen molar-refractivity contribution in [3.63, 3.8) is 0 Å². The molecular formula is C11H16BrNS. The molecule has 0 bridgehead atoms. The summed E-state index contributed by atoms with van der Waals surface area (Å²) in [4.78, 5) is 1.33. The Hall–Kier alpha value is 0.01000. The maximum absolute atomic E-state index is 5.68. The quantitative estimate of drug-likeness (QED) is 0.655. The van der Waals surface area contributed by atoms with E-state index in [9.17, 15) is 0 Å². The van der Waals surface area contributed by atoms with E-state index < -0.39 is 0 Å². The van der Waals surface area contributed by atoms with E-state index in [2.05, 4.69) is 47.1 Å². The van der Waals surface area contributed by atoms with Gasteiger partial charge in [-0.2, -0.15) is 0 Å². The normalized spacial score (nSPS) is 12.8. The Morgan fingerprint density at radius 1 is 1.36 bits per heavy atom. The third-order valence-corrected chi connectivity index (χ3v) is 3.51. The minimum atomic E-state index is 0.334. The Labute approximate surface area is 98.6 Å². The zero-order valence-corrected chi connectivity index (χ0v) is 10.8. The Bertz CT molecular complexity index is 258. The summed E-state index contributed by atoms with van der Waals surface area (Å²) >= 11 is 5.32. The van der Waals surface area contributed by atoms with E-state index in [0.29, 0.717) is 6.04 Å². The third-order valence-electron chi connectivity index (χ3n) is 1.89. The number of halogens is 1. The maximum atomic E-state index is 5.68. The van der Waals surface area contributed by atoms with Crippen molar-refractivity contribution in [2.75, 3.05) is 5.75 Å². The van der Waals surface area contributed by atoms with Crippen molar-refractivity contribution in [3.05, 3.63) is 28.7 Å². The van der Waals surface area contributed by atoms with Gasteiger partial charge in [0.25, 0.3) is 0 Å². The predicted octanol–water partition coefficient (Wildman–Crippen LogP) is 3.67. The zero-order valence-electron chi connectivity index (χ0n) is 8.37. The molecule has 1 rings (SSSR count). The molecule has 0 aliphatic carbocycles. The maximum Gasteiger partial charge on any atom is 0.0176 e. The van der Waals surface area contributed by atoms with Crippen LogP contribution in [0.3, 0.4) is 0 Å². The van der Waals surface area contributed by atoms with Crippen LogP contribution in [-0.2, 0) is 0 Å². The largest absolute Gasteiger partial charge is 0.328 e. The van der Waals surface area contributed by atoms with Crippen molar-refractivity contribution in [2.45, 2.75) is 30.7 Å². The van der Waals surface area contributed by atoms with Gasteiger partial charge in [-0.05, 0) is 49.8 Å². The van der Waals surface area contributed by atoms with Crippen LogP contribution in [0.5, 0.6) is 0 Å². The molecule has 2 N–H and O–H groups in total. The Kier molecular flexibility index (Phi) is 5.60. The van der Waals surface area contributed by atoms with Gasteiger partial charge < -0.3 is 5.73 Å². The second-order valence-corrected chi connectivity index (χ2v) is 5.51. The number of hydrogen-bond acceptors (Lipinski definition) is 2. The summed E-state index contributed by atoms with van der Waals surface area (Å²) in [5.41, 5.74) is 5.68. The van der Waals surface area contributed by atoms with Gasteiger partial charge in [-0.15, -0.1) is 11.8 Å². The third kappa shape index (κ3) is 5.03. The molecule has 0 amide bonds. The first kappa shape index (κ1) is 12.1. The van der Waals surface area contributed by atoms with Crippen LogP contribution in [0.1, 0.15) is 19.8 Å². The van der Waals surface area contributed by atoms with Gasteiger partial charge in [0, 0.05) is 15.4 Å². The van der Waals surface area contributed by atoms with E-state index in [0.717, 1.165) is 16.6 Å². The van der Waals surface area contributed by atoms with Crippen molar-refractivity contribution < 1.29 is 0 Å². The van der Waals surface area contributed by atoms with Crippen LogP contribution in [0.2, 0.25) is 0 Å². The topological polar surface area (TPSA) is 26.0 Å². The van der Waals surface area contributed by atoms with Crippen LogP contribution in [0.4, 0.5) is 0 Å².